The molecule has 1 amide bonds. The molecule has 0 spiro atoms. The van der Waals surface area contributed by atoms with Gasteiger partial charge in [-0.3, -0.25) is 4.79 Å². The fourth-order valence-corrected chi connectivity index (χ4v) is 1.11. The third-order valence-electron chi connectivity index (χ3n) is 1.72. The number of amides is 1. The molecule has 1 fully saturated rings. The summed E-state index contributed by atoms with van der Waals surface area (Å²) >= 11 is 0. The average Bonchev–Trinajstić information content (AvgIpc) is 2.05. The van der Waals surface area contributed by atoms with E-state index in [-0.39, 0.29) is 12.0 Å². The van der Waals surface area contributed by atoms with Gasteiger partial charge < -0.3 is 10.1 Å². The van der Waals surface area contributed by atoms with Gasteiger partial charge in [0.2, 0.25) is 5.91 Å². The number of nitrogens with one attached hydrogen (secondary N) is 1. The molecule has 1 unspecified atom stereocenters. The molecule has 0 bridgehead atoms. The maximum absolute atomic E-state index is 10.9. The van der Waals surface area contributed by atoms with E-state index < -0.39 is 0 Å². The summed E-state index contributed by atoms with van der Waals surface area (Å²) < 4.78 is 5.22. The Kier molecular flexibility index (Phi) is 2.68. The molecule has 1 aliphatic rings. The minimum atomic E-state index is -0.182. The molecule has 0 aromatic carbocycles. The Hall–Kier alpha value is -0.570. The van der Waals surface area contributed by atoms with Gasteiger partial charge in [0.05, 0.1) is 0 Å². The second-order valence-corrected chi connectivity index (χ2v) is 2.47. The van der Waals surface area contributed by atoms with Gasteiger partial charge in [-0.1, -0.05) is 0 Å². The Morgan fingerprint density at radius 2 is 2.40 bits per heavy atom. The van der Waals surface area contributed by atoms with Gasteiger partial charge in [-0.05, 0) is 19.3 Å². The molecule has 0 aromatic rings. The van der Waals surface area contributed by atoms with Crippen LogP contribution in [-0.4, -0.2) is 25.7 Å². The van der Waals surface area contributed by atoms with Crippen molar-refractivity contribution in [1.82, 2.24) is 5.32 Å². The minimum Gasteiger partial charge on any atom is -0.368 e. The van der Waals surface area contributed by atoms with Gasteiger partial charge >= 0.3 is 0 Å². The second kappa shape index (κ2) is 3.56. The van der Waals surface area contributed by atoms with Crippen LogP contribution < -0.4 is 5.32 Å². The zero-order chi connectivity index (χ0) is 7.40. The molecular weight excluding hydrogens is 130 g/mol. The number of hydrogen-bond donors (Lipinski definition) is 1. The normalized spacial score (nSPS) is 25.9. The predicted octanol–water partition coefficient (Wildman–Crippen LogP) is 0.301. The SMILES string of the molecule is CNC(=O)C1CCCCO1. The van der Waals surface area contributed by atoms with Crippen molar-refractivity contribution in [1.29, 1.82) is 0 Å². The van der Waals surface area contributed by atoms with Crippen LogP contribution in [0.5, 0.6) is 0 Å². The summed E-state index contributed by atoms with van der Waals surface area (Å²) in [5, 5.41) is 2.57. The molecule has 1 aliphatic heterocycles. The van der Waals surface area contributed by atoms with Gasteiger partial charge in [0.25, 0.3) is 0 Å². The molecule has 1 rings (SSSR count). The fourth-order valence-electron chi connectivity index (χ4n) is 1.11. The van der Waals surface area contributed by atoms with Gasteiger partial charge in [0, 0.05) is 13.7 Å². The van der Waals surface area contributed by atoms with Crippen LogP contribution in [0, 0.1) is 0 Å². The quantitative estimate of drug-likeness (QED) is 0.573. The number of hydrogen-bond acceptors (Lipinski definition) is 2. The first-order valence-electron chi connectivity index (χ1n) is 3.68. The van der Waals surface area contributed by atoms with Crippen LogP contribution in [0.15, 0.2) is 0 Å². The van der Waals surface area contributed by atoms with E-state index in [4.69, 9.17) is 4.74 Å². The summed E-state index contributed by atoms with van der Waals surface area (Å²) in [6.07, 6.45) is 2.89. The lowest BCUT2D eigenvalue weighted by atomic mass is 10.1. The summed E-state index contributed by atoms with van der Waals surface area (Å²) in [6, 6.07) is 0. The van der Waals surface area contributed by atoms with Crippen molar-refractivity contribution >= 4 is 5.91 Å². The first kappa shape index (κ1) is 7.54. The molecule has 0 radical (unpaired) electrons. The Morgan fingerprint density at radius 1 is 1.60 bits per heavy atom. The molecule has 3 nitrogen and oxygen atoms in total. The van der Waals surface area contributed by atoms with E-state index >= 15 is 0 Å². The molecule has 0 saturated carbocycles. The van der Waals surface area contributed by atoms with Gasteiger partial charge in [0.1, 0.15) is 6.10 Å². The Balaban J connectivity index is 2.31. The second-order valence-electron chi connectivity index (χ2n) is 2.47. The standard InChI is InChI=1S/C7H13NO2/c1-8-7(9)6-4-2-3-5-10-6/h6H,2-5H2,1H3,(H,8,9). The lowest BCUT2D eigenvalue weighted by Gasteiger charge is -2.20. The third-order valence-corrected chi connectivity index (χ3v) is 1.72. The number of likely N-dealkylation sites (N-methyl/N-ethyl adjacent to an activating group) is 1. The highest BCUT2D eigenvalue weighted by Gasteiger charge is 2.19. The lowest BCUT2D eigenvalue weighted by Crippen LogP contribution is -2.36. The van der Waals surface area contributed by atoms with E-state index in [1.807, 2.05) is 0 Å². The van der Waals surface area contributed by atoms with E-state index in [0.717, 1.165) is 25.9 Å². The van der Waals surface area contributed by atoms with Crippen molar-refractivity contribution in [2.45, 2.75) is 25.4 Å². The lowest BCUT2D eigenvalue weighted by molar-refractivity contribution is -0.134. The molecule has 1 N–H and O–H groups in total. The Labute approximate surface area is 60.7 Å². The van der Waals surface area contributed by atoms with Crippen molar-refractivity contribution in [3.05, 3.63) is 0 Å². The van der Waals surface area contributed by atoms with Crippen LogP contribution in [-0.2, 0) is 9.53 Å². The molecule has 58 valence electrons. The largest absolute Gasteiger partial charge is 0.368 e. The molecular formula is C7H13NO2. The van der Waals surface area contributed by atoms with E-state index in [1.54, 1.807) is 7.05 Å². The van der Waals surface area contributed by atoms with Gasteiger partial charge in [-0.25, -0.2) is 0 Å². The average molecular weight is 143 g/mol. The highest BCUT2D eigenvalue weighted by atomic mass is 16.5. The highest BCUT2D eigenvalue weighted by Crippen LogP contribution is 2.11. The smallest absolute Gasteiger partial charge is 0.248 e. The number of carbonyl (C=O) groups excluding carboxylic acids is 1. The van der Waals surface area contributed by atoms with Gasteiger partial charge in [-0.15, -0.1) is 0 Å². The number of ether oxygens (including phenoxy) is 1. The summed E-state index contributed by atoms with van der Waals surface area (Å²) in [4.78, 5) is 10.9. The first-order valence-corrected chi connectivity index (χ1v) is 3.68. The molecule has 1 saturated heterocycles. The third kappa shape index (κ3) is 1.70. The van der Waals surface area contributed by atoms with E-state index in [0.29, 0.717) is 0 Å². The molecule has 10 heavy (non-hydrogen) atoms. The van der Waals surface area contributed by atoms with Crippen LogP contribution in [0.3, 0.4) is 0 Å². The predicted molar refractivity (Wildman–Crippen MR) is 37.7 cm³/mol. The Bertz CT molecular complexity index is 119. The van der Waals surface area contributed by atoms with Crippen LogP contribution in [0.1, 0.15) is 19.3 Å². The van der Waals surface area contributed by atoms with Crippen LogP contribution in [0.4, 0.5) is 0 Å². The van der Waals surface area contributed by atoms with Crippen molar-refractivity contribution in [3.8, 4) is 0 Å². The summed E-state index contributed by atoms with van der Waals surface area (Å²) in [6.45, 7) is 0.734. The zero-order valence-corrected chi connectivity index (χ0v) is 6.22. The maximum atomic E-state index is 10.9. The van der Waals surface area contributed by atoms with Crippen molar-refractivity contribution < 1.29 is 9.53 Å². The first-order chi connectivity index (χ1) is 4.84. The van der Waals surface area contributed by atoms with Crippen LogP contribution in [0.25, 0.3) is 0 Å². The summed E-state index contributed by atoms with van der Waals surface area (Å²) in [5.41, 5.74) is 0. The van der Waals surface area contributed by atoms with Crippen molar-refractivity contribution in [2.75, 3.05) is 13.7 Å². The van der Waals surface area contributed by atoms with Crippen LogP contribution >= 0.6 is 0 Å². The van der Waals surface area contributed by atoms with E-state index in [1.165, 1.54) is 0 Å². The van der Waals surface area contributed by atoms with E-state index in [2.05, 4.69) is 5.32 Å². The maximum Gasteiger partial charge on any atom is 0.248 e. The number of carbonyl (C=O) groups is 1. The molecule has 1 heterocycles. The van der Waals surface area contributed by atoms with Crippen molar-refractivity contribution in [3.63, 3.8) is 0 Å². The molecule has 1 atom stereocenters. The molecule has 0 aliphatic carbocycles. The minimum absolute atomic E-state index is 0.0136. The number of rotatable bonds is 1. The van der Waals surface area contributed by atoms with E-state index in [9.17, 15) is 4.79 Å². The van der Waals surface area contributed by atoms with Gasteiger partial charge in [-0.2, -0.15) is 0 Å². The molecule has 0 aromatic heterocycles. The van der Waals surface area contributed by atoms with Gasteiger partial charge in [0.15, 0.2) is 0 Å². The summed E-state index contributed by atoms with van der Waals surface area (Å²) in [7, 11) is 1.64. The topological polar surface area (TPSA) is 38.3 Å². The van der Waals surface area contributed by atoms with Crippen LogP contribution in [0.2, 0.25) is 0 Å². The Morgan fingerprint density at radius 3 is 2.90 bits per heavy atom. The molecule has 3 heteroatoms. The van der Waals surface area contributed by atoms with Crippen molar-refractivity contribution in [2.24, 2.45) is 0 Å². The monoisotopic (exact) mass is 143 g/mol. The highest BCUT2D eigenvalue weighted by molar-refractivity contribution is 5.80. The fraction of sp³-hybridized carbons (Fsp3) is 0.857. The zero-order valence-electron chi connectivity index (χ0n) is 6.22. The summed E-state index contributed by atoms with van der Waals surface area (Å²) in [5.74, 6) is 0.0136.